The molecule has 2 saturated heterocycles. The van der Waals surface area contributed by atoms with Crippen molar-refractivity contribution < 1.29 is 14.3 Å². The van der Waals surface area contributed by atoms with Crippen molar-refractivity contribution in [2.75, 3.05) is 46.4 Å². The van der Waals surface area contributed by atoms with Crippen molar-refractivity contribution in [1.29, 1.82) is 0 Å². The number of hydrogen-bond acceptors (Lipinski definition) is 5. The molecule has 0 bridgehead atoms. The van der Waals surface area contributed by atoms with E-state index in [1.54, 1.807) is 0 Å². The Kier molecular flexibility index (Phi) is 8.15. The molecule has 0 aliphatic carbocycles. The number of nitrogens with zero attached hydrogens (tertiary/aromatic N) is 3. The third kappa shape index (κ3) is 6.09. The van der Waals surface area contributed by atoms with E-state index in [-0.39, 0.29) is 18.2 Å². The smallest absolute Gasteiger partial charge is 0.409 e. The molecule has 172 valence electrons. The number of methoxy groups -OCH3 is 1. The van der Waals surface area contributed by atoms with Gasteiger partial charge in [0.05, 0.1) is 26.4 Å². The van der Waals surface area contributed by atoms with Gasteiger partial charge in [0.15, 0.2) is 0 Å². The number of benzene rings is 2. The van der Waals surface area contributed by atoms with Crippen molar-refractivity contribution in [1.82, 2.24) is 14.7 Å². The Bertz CT molecular complexity index is 827. The molecular weight excluding hydrogens is 402 g/mol. The summed E-state index contributed by atoms with van der Waals surface area (Å²) in [7, 11) is 1.47. The van der Waals surface area contributed by atoms with E-state index in [2.05, 4.69) is 52.3 Å². The Morgan fingerprint density at radius 1 is 0.906 bits per heavy atom. The van der Waals surface area contributed by atoms with Crippen LogP contribution < -0.4 is 0 Å². The van der Waals surface area contributed by atoms with Crippen molar-refractivity contribution >= 4 is 6.09 Å². The summed E-state index contributed by atoms with van der Waals surface area (Å²) in [6, 6.07) is 21.0. The molecule has 2 aliphatic heterocycles. The molecule has 6 nitrogen and oxygen atoms in total. The van der Waals surface area contributed by atoms with E-state index in [0.29, 0.717) is 19.8 Å². The molecule has 2 fully saturated rings. The molecule has 6 heteroatoms. The Labute approximate surface area is 191 Å². The van der Waals surface area contributed by atoms with Gasteiger partial charge in [0, 0.05) is 32.2 Å². The first kappa shape index (κ1) is 22.8. The average Bonchev–Trinajstić information content (AvgIpc) is 3.34. The lowest BCUT2D eigenvalue weighted by Gasteiger charge is -2.46. The minimum Gasteiger partial charge on any atom is -0.453 e. The summed E-state index contributed by atoms with van der Waals surface area (Å²) >= 11 is 0. The molecule has 2 aliphatic rings. The molecular formula is C26H35N3O3. The van der Waals surface area contributed by atoms with Crippen molar-refractivity contribution in [2.24, 2.45) is 0 Å². The molecule has 32 heavy (non-hydrogen) atoms. The summed E-state index contributed by atoms with van der Waals surface area (Å²) in [4.78, 5) is 19.6. The maximum atomic E-state index is 12.7. The fourth-order valence-corrected chi connectivity index (χ4v) is 4.83. The van der Waals surface area contributed by atoms with Gasteiger partial charge in [-0.2, -0.15) is 0 Å². The zero-order valence-corrected chi connectivity index (χ0v) is 19.1. The van der Waals surface area contributed by atoms with Gasteiger partial charge in [-0.05, 0) is 37.1 Å². The second-order valence-corrected chi connectivity index (χ2v) is 8.85. The van der Waals surface area contributed by atoms with E-state index in [1.165, 1.54) is 25.5 Å². The van der Waals surface area contributed by atoms with Crippen molar-refractivity contribution in [3.05, 3.63) is 71.8 Å². The lowest BCUT2D eigenvalue weighted by atomic mass is 10.0. The Morgan fingerprint density at radius 2 is 1.56 bits per heavy atom. The minimum atomic E-state index is -0.260. The minimum absolute atomic E-state index is 0.0373. The van der Waals surface area contributed by atoms with Gasteiger partial charge in [-0.25, -0.2) is 4.79 Å². The Balaban J connectivity index is 1.46. The molecule has 0 aromatic heterocycles. The van der Waals surface area contributed by atoms with Crippen molar-refractivity contribution in [3.8, 4) is 0 Å². The van der Waals surface area contributed by atoms with Crippen molar-refractivity contribution in [3.63, 3.8) is 0 Å². The van der Waals surface area contributed by atoms with E-state index in [0.717, 1.165) is 38.3 Å². The summed E-state index contributed by atoms with van der Waals surface area (Å²) in [5.41, 5.74) is 2.44. The first-order valence-electron chi connectivity index (χ1n) is 11.7. The molecule has 0 saturated carbocycles. The molecule has 0 unspecified atom stereocenters. The molecule has 0 N–H and O–H groups in total. The summed E-state index contributed by atoms with van der Waals surface area (Å²) < 4.78 is 11.2. The highest BCUT2D eigenvalue weighted by Crippen LogP contribution is 2.22. The number of piperazine rings is 1. The third-order valence-corrected chi connectivity index (χ3v) is 6.54. The summed E-state index contributed by atoms with van der Waals surface area (Å²) in [6.07, 6.45) is 2.27. The fourth-order valence-electron chi connectivity index (χ4n) is 4.83. The van der Waals surface area contributed by atoms with Gasteiger partial charge in [-0.3, -0.25) is 4.90 Å². The molecule has 0 spiro atoms. The summed E-state index contributed by atoms with van der Waals surface area (Å²) in [5, 5.41) is 0. The lowest BCUT2D eigenvalue weighted by Crippen LogP contribution is -2.63. The van der Waals surface area contributed by atoms with E-state index < -0.39 is 0 Å². The van der Waals surface area contributed by atoms with Crippen LogP contribution in [0.3, 0.4) is 0 Å². The zero-order valence-electron chi connectivity index (χ0n) is 19.1. The maximum Gasteiger partial charge on any atom is 0.409 e. The van der Waals surface area contributed by atoms with E-state index in [1.807, 2.05) is 23.1 Å². The van der Waals surface area contributed by atoms with Gasteiger partial charge in [0.25, 0.3) is 0 Å². The zero-order chi connectivity index (χ0) is 22.2. The molecule has 4 rings (SSSR count). The summed E-state index contributed by atoms with van der Waals surface area (Å²) in [5.74, 6) is 0. The van der Waals surface area contributed by atoms with Gasteiger partial charge in [0.1, 0.15) is 0 Å². The first-order valence-corrected chi connectivity index (χ1v) is 11.7. The molecule has 2 aromatic rings. The van der Waals surface area contributed by atoms with Crippen LogP contribution in [-0.4, -0.2) is 79.3 Å². The van der Waals surface area contributed by atoms with E-state index in [4.69, 9.17) is 9.47 Å². The highest BCUT2D eigenvalue weighted by atomic mass is 16.5. The number of hydrogen-bond donors (Lipinski definition) is 0. The first-order chi connectivity index (χ1) is 15.7. The average molecular weight is 438 g/mol. The fraction of sp³-hybridized carbons (Fsp3) is 0.500. The van der Waals surface area contributed by atoms with E-state index in [9.17, 15) is 4.79 Å². The summed E-state index contributed by atoms with van der Waals surface area (Å²) in [6.45, 7) is 6.64. The van der Waals surface area contributed by atoms with E-state index >= 15 is 0 Å². The van der Waals surface area contributed by atoms with Crippen LogP contribution in [0.5, 0.6) is 0 Å². The quantitative estimate of drug-likeness (QED) is 0.631. The lowest BCUT2D eigenvalue weighted by molar-refractivity contribution is -0.0250. The van der Waals surface area contributed by atoms with Crippen LogP contribution in [0.4, 0.5) is 4.79 Å². The SMILES string of the molecule is COC(=O)N1C[C@@H](CN2CCCC2)N(Cc2ccccc2)C[C@H]1COCc1ccccc1. The molecule has 0 radical (unpaired) electrons. The third-order valence-electron chi connectivity index (χ3n) is 6.54. The Morgan fingerprint density at radius 3 is 2.22 bits per heavy atom. The molecule has 2 heterocycles. The van der Waals surface area contributed by atoms with Crippen LogP contribution in [0.25, 0.3) is 0 Å². The van der Waals surface area contributed by atoms with Crippen LogP contribution in [0.1, 0.15) is 24.0 Å². The number of likely N-dealkylation sites (tertiary alicyclic amines) is 1. The number of amides is 1. The van der Waals surface area contributed by atoms with Gasteiger partial charge in [-0.1, -0.05) is 60.7 Å². The number of carbonyl (C=O) groups is 1. The van der Waals surface area contributed by atoms with Gasteiger partial charge in [0.2, 0.25) is 0 Å². The van der Waals surface area contributed by atoms with Crippen LogP contribution >= 0.6 is 0 Å². The second kappa shape index (κ2) is 11.5. The highest BCUT2D eigenvalue weighted by molar-refractivity contribution is 5.68. The second-order valence-electron chi connectivity index (χ2n) is 8.85. The predicted octanol–water partition coefficient (Wildman–Crippen LogP) is 3.62. The molecule has 2 atom stereocenters. The van der Waals surface area contributed by atoms with Crippen LogP contribution in [0.2, 0.25) is 0 Å². The largest absolute Gasteiger partial charge is 0.453 e. The molecule has 1 amide bonds. The highest BCUT2D eigenvalue weighted by Gasteiger charge is 2.38. The predicted molar refractivity (Wildman–Crippen MR) is 125 cm³/mol. The number of rotatable bonds is 8. The maximum absolute atomic E-state index is 12.7. The van der Waals surface area contributed by atoms with Crippen LogP contribution in [0.15, 0.2) is 60.7 Å². The van der Waals surface area contributed by atoms with Crippen molar-refractivity contribution in [2.45, 2.75) is 38.1 Å². The van der Waals surface area contributed by atoms with Crippen LogP contribution in [-0.2, 0) is 22.6 Å². The van der Waals surface area contributed by atoms with Gasteiger partial charge >= 0.3 is 6.09 Å². The number of ether oxygens (including phenoxy) is 2. The van der Waals surface area contributed by atoms with Gasteiger partial charge in [-0.15, -0.1) is 0 Å². The molecule has 2 aromatic carbocycles. The number of carbonyl (C=O) groups excluding carboxylic acids is 1. The Hall–Kier alpha value is -2.41. The standard InChI is InChI=1S/C26H35N3O3/c1-31-26(30)29-19-24(17-27-14-8-9-15-27)28(16-22-10-4-2-5-11-22)18-25(29)21-32-20-23-12-6-3-7-13-23/h2-7,10-13,24-25H,8-9,14-21H2,1H3/t24-,25+/m1/s1. The normalized spacial score (nSPS) is 22.2. The topological polar surface area (TPSA) is 45.2 Å². The van der Waals surface area contributed by atoms with Gasteiger partial charge < -0.3 is 19.3 Å². The monoisotopic (exact) mass is 437 g/mol. The van der Waals surface area contributed by atoms with Crippen LogP contribution in [0, 0.1) is 0 Å².